The number of anilines is 1. The first-order valence-electron chi connectivity index (χ1n) is 7.00. The molecule has 0 fully saturated rings. The summed E-state index contributed by atoms with van der Waals surface area (Å²) in [5.74, 6) is -0.504. The Morgan fingerprint density at radius 2 is 2.05 bits per heavy atom. The molecule has 1 aromatic carbocycles. The van der Waals surface area contributed by atoms with E-state index in [0.29, 0.717) is 12.2 Å². The number of nitrogen functional groups attached to an aromatic ring is 1. The van der Waals surface area contributed by atoms with Crippen LogP contribution in [-0.2, 0) is 9.53 Å². The van der Waals surface area contributed by atoms with Gasteiger partial charge in [0.05, 0.1) is 6.61 Å². The molecule has 6 heteroatoms. The molecule has 21 heavy (non-hydrogen) atoms. The first kappa shape index (κ1) is 16.8. The monoisotopic (exact) mass is 294 g/mol. The second-order valence-corrected chi connectivity index (χ2v) is 4.53. The third kappa shape index (κ3) is 4.98. The predicted octanol–water partition coefficient (Wildman–Crippen LogP) is 1.74. The van der Waals surface area contributed by atoms with Gasteiger partial charge in [-0.3, -0.25) is 4.79 Å². The van der Waals surface area contributed by atoms with Crippen molar-refractivity contribution in [2.75, 3.05) is 18.9 Å². The quantitative estimate of drug-likeness (QED) is 0.590. The standard InChI is InChI=1S/C15H22N2O4/c1-4-8-17-14(18)10(3)21-13-9-11(16)6-7-12(13)15(19)20-5-2/h6-7,9-10H,4-5,8,16H2,1-3H3,(H,17,18). The van der Waals surface area contributed by atoms with Gasteiger partial charge in [-0.15, -0.1) is 0 Å². The summed E-state index contributed by atoms with van der Waals surface area (Å²) in [7, 11) is 0. The fourth-order valence-corrected chi connectivity index (χ4v) is 1.65. The summed E-state index contributed by atoms with van der Waals surface area (Å²) in [6, 6.07) is 4.62. The van der Waals surface area contributed by atoms with Gasteiger partial charge in [0.1, 0.15) is 11.3 Å². The van der Waals surface area contributed by atoms with Gasteiger partial charge in [0.2, 0.25) is 0 Å². The summed E-state index contributed by atoms with van der Waals surface area (Å²) >= 11 is 0. The number of rotatable bonds is 7. The predicted molar refractivity (Wildman–Crippen MR) is 80.2 cm³/mol. The average Bonchev–Trinajstić information content (AvgIpc) is 2.44. The van der Waals surface area contributed by atoms with Crippen LogP contribution in [0.25, 0.3) is 0 Å². The van der Waals surface area contributed by atoms with Crippen LogP contribution in [0.3, 0.4) is 0 Å². The van der Waals surface area contributed by atoms with Gasteiger partial charge in [0, 0.05) is 18.3 Å². The van der Waals surface area contributed by atoms with E-state index >= 15 is 0 Å². The Balaban J connectivity index is 2.88. The zero-order valence-electron chi connectivity index (χ0n) is 12.6. The number of hydrogen-bond donors (Lipinski definition) is 2. The molecule has 0 aliphatic heterocycles. The third-order valence-electron chi connectivity index (χ3n) is 2.72. The van der Waals surface area contributed by atoms with Gasteiger partial charge in [-0.05, 0) is 32.4 Å². The summed E-state index contributed by atoms with van der Waals surface area (Å²) < 4.78 is 10.5. The van der Waals surface area contributed by atoms with Crippen molar-refractivity contribution in [3.63, 3.8) is 0 Å². The Morgan fingerprint density at radius 1 is 1.33 bits per heavy atom. The molecule has 6 nitrogen and oxygen atoms in total. The Hall–Kier alpha value is -2.24. The number of esters is 1. The Morgan fingerprint density at radius 3 is 2.67 bits per heavy atom. The molecule has 3 N–H and O–H groups in total. The molecule has 1 amide bonds. The van der Waals surface area contributed by atoms with Crippen molar-refractivity contribution in [3.05, 3.63) is 23.8 Å². The molecule has 116 valence electrons. The van der Waals surface area contributed by atoms with E-state index in [1.807, 2.05) is 6.92 Å². The van der Waals surface area contributed by atoms with Gasteiger partial charge >= 0.3 is 5.97 Å². The lowest BCUT2D eigenvalue weighted by molar-refractivity contribution is -0.127. The van der Waals surface area contributed by atoms with Gasteiger partial charge < -0.3 is 20.5 Å². The molecule has 0 spiro atoms. The first-order valence-corrected chi connectivity index (χ1v) is 7.00. The SMILES string of the molecule is CCCNC(=O)C(C)Oc1cc(N)ccc1C(=O)OCC. The highest BCUT2D eigenvalue weighted by Gasteiger charge is 2.19. The highest BCUT2D eigenvalue weighted by Crippen LogP contribution is 2.24. The minimum atomic E-state index is -0.730. The number of amides is 1. The third-order valence-corrected chi connectivity index (χ3v) is 2.72. The summed E-state index contributed by atoms with van der Waals surface area (Å²) in [5.41, 5.74) is 6.40. The molecular weight excluding hydrogens is 272 g/mol. The summed E-state index contributed by atoms with van der Waals surface area (Å²) in [5, 5.41) is 2.73. The number of nitrogens with two attached hydrogens (primary N) is 1. The maximum Gasteiger partial charge on any atom is 0.341 e. The Labute approximate surface area is 124 Å². The molecule has 0 saturated heterocycles. The van der Waals surface area contributed by atoms with Crippen molar-refractivity contribution in [2.45, 2.75) is 33.3 Å². The van der Waals surface area contributed by atoms with Gasteiger partial charge in [-0.1, -0.05) is 6.92 Å². The Kier molecular flexibility index (Phi) is 6.52. The highest BCUT2D eigenvalue weighted by atomic mass is 16.5. The number of carbonyl (C=O) groups excluding carboxylic acids is 2. The maximum absolute atomic E-state index is 11.9. The van der Waals surface area contributed by atoms with Crippen LogP contribution in [-0.4, -0.2) is 31.1 Å². The van der Waals surface area contributed by atoms with Gasteiger partial charge in [-0.2, -0.15) is 0 Å². The van der Waals surface area contributed by atoms with Crippen LogP contribution in [0.1, 0.15) is 37.6 Å². The molecule has 1 aromatic rings. The van der Waals surface area contributed by atoms with E-state index in [1.165, 1.54) is 12.1 Å². The van der Waals surface area contributed by atoms with Crippen molar-refractivity contribution in [2.24, 2.45) is 0 Å². The molecule has 0 bridgehead atoms. The van der Waals surface area contributed by atoms with E-state index in [9.17, 15) is 9.59 Å². The molecular formula is C15H22N2O4. The van der Waals surface area contributed by atoms with Crippen LogP contribution in [0.2, 0.25) is 0 Å². The van der Waals surface area contributed by atoms with Crippen molar-refractivity contribution < 1.29 is 19.1 Å². The zero-order chi connectivity index (χ0) is 15.8. The molecule has 0 aliphatic carbocycles. The minimum absolute atomic E-state index is 0.242. The number of carbonyl (C=O) groups is 2. The summed E-state index contributed by atoms with van der Waals surface area (Å²) in [4.78, 5) is 23.7. The molecule has 0 aliphatic rings. The smallest absolute Gasteiger partial charge is 0.341 e. The fraction of sp³-hybridized carbons (Fsp3) is 0.467. The second kappa shape index (κ2) is 8.14. The summed E-state index contributed by atoms with van der Waals surface area (Å²) in [6.45, 7) is 6.13. The van der Waals surface area contributed by atoms with Crippen molar-refractivity contribution in [3.8, 4) is 5.75 Å². The number of ether oxygens (including phenoxy) is 2. The van der Waals surface area contributed by atoms with Crippen LogP contribution in [0.4, 0.5) is 5.69 Å². The van der Waals surface area contributed by atoms with E-state index in [0.717, 1.165) is 6.42 Å². The number of benzene rings is 1. The molecule has 1 rings (SSSR count). The van der Waals surface area contributed by atoms with Crippen molar-refractivity contribution in [1.82, 2.24) is 5.32 Å². The van der Waals surface area contributed by atoms with E-state index in [2.05, 4.69) is 5.32 Å². The lowest BCUT2D eigenvalue weighted by Gasteiger charge is -2.17. The lowest BCUT2D eigenvalue weighted by Crippen LogP contribution is -2.36. The molecule has 0 saturated carbocycles. The number of hydrogen-bond acceptors (Lipinski definition) is 5. The van der Waals surface area contributed by atoms with E-state index in [1.54, 1.807) is 19.9 Å². The van der Waals surface area contributed by atoms with Gasteiger partial charge in [0.25, 0.3) is 5.91 Å². The van der Waals surface area contributed by atoms with Crippen LogP contribution >= 0.6 is 0 Å². The lowest BCUT2D eigenvalue weighted by atomic mass is 10.2. The van der Waals surface area contributed by atoms with Crippen molar-refractivity contribution >= 4 is 17.6 Å². The van der Waals surface area contributed by atoms with Crippen LogP contribution < -0.4 is 15.8 Å². The van der Waals surface area contributed by atoms with Crippen LogP contribution in [0, 0.1) is 0 Å². The average molecular weight is 294 g/mol. The van der Waals surface area contributed by atoms with Crippen LogP contribution in [0.5, 0.6) is 5.75 Å². The summed E-state index contributed by atoms with van der Waals surface area (Å²) in [6.07, 6.45) is 0.108. The van der Waals surface area contributed by atoms with E-state index in [-0.39, 0.29) is 23.8 Å². The Bertz CT molecular complexity index is 502. The van der Waals surface area contributed by atoms with Crippen molar-refractivity contribution in [1.29, 1.82) is 0 Å². The van der Waals surface area contributed by atoms with Crippen LogP contribution in [0.15, 0.2) is 18.2 Å². The van der Waals surface area contributed by atoms with Gasteiger partial charge in [0.15, 0.2) is 6.10 Å². The zero-order valence-corrected chi connectivity index (χ0v) is 12.6. The van der Waals surface area contributed by atoms with Gasteiger partial charge in [-0.25, -0.2) is 4.79 Å². The largest absolute Gasteiger partial charge is 0.480 e. The maximum atomic E-state index is 11.9. The topological polar surface area (TPSA) is 90.6 Å². The minimum Gasteiger partial charge on any atom is -0.480 e. The number of nitrogens with one attached hydrogen (secondary N) is 1. The van der Waals surface area contributed by atoms with E-state index < -0.39 is 12.1 Å². The molecule has 0 heterocycles. The second-order valence-electron chi connectivity index (χ2n) is 4.53. The first-order chi connectivity index (χ1) is 9.99. The van der Waals surface area contributed by atoms with E-state index in [4.69, 9.17) is 15.2 Å². The molecule has 1 unspecified atom stereocenters. The molecule has 0 radical (unpaired) electrons. The fourth-order valence-electron chi connectivity index (χ4n) is 1.65. The normalized spacial score (nSPS) is 11.6. The highest BCUT2D eigenvalue weighted by molar-refractivity contribution is 5.93. The molecule has 1 atom stereocenters. The molecule has 0 aromatic heterocycles.